The normalized spacial score (nSPS) is 12.8. The minimum absolute atomic E-state index is 0.0511. The van der Waals surface area contributed by atoms with Gasteiger partial charge in [0.2, 0.25) is 11.8 Å². The van der Waals surface area contributed by atoms with Gasteiger partial charge in [0.1, 0.15) is 6.61 Å². The molecule has 226 valence electrons. The van der Waals surface area contributed by atoms with Crippen molar-refractivity contribution in [2.24, 2.45) is 11.8 Å². The van der Waals surface area contributed by atoms with E-state index in [4.69, 9.17) is 4.74 Å². The van der Waals surface area contributed by atoms with Crippen molar-refractivity contribution in [3.8, 4) is 0 Å². The molecule has 3 aromatic carbocycles. The number of nitrogens with one attached hydrogen (secondary N) is 1. The molecule has 0 bridgehead atoms. The summed E-state index contributed by atoms with van der Waals surface area (Å²) in [7, 11) is 0. The van der Waals surface area contributed by atoms with Crippen molar-refractivity contribution in [3.05, 3.63) is 133 Å². The maximum Gasteiger partial charge on any atom is 0.309 e. The Morgan fingerprint density at radius 2 is 1.37 bits per heavy atom. The molecule has 0 aromatic heterocycles. The minimum atomic E-state index is -0.685. The number of esters is 1. The number of nitrogens with zero attached hydrogens (tertiary/aromatic N) is 1. The van der Waals surface area contributed by atoms with Crippen LogP contribution in [0.5, 0.6) is 0 Å². The molecule has 0 aliphatic carbocycles. The molecule has 0 saturated heterocycles. The van der Waals surface area contributed by atoms with Crippen LogP contribution < -0.4 is 5.32 Å². The van der Waals surface area contributed by atoms with Gasteiger partial charge in [0, 0.05) is 19.5 Å². The molecule has 3 rings (SSSR count). The molecule has 7 heteroatoms. The van der Waals surface area contributed by atoms with Gasteiger partial charge in [0.15, 0.2) is 0 Å². The van der Waals surface area contributed by atoms with E-state index in [9.17, 15) is 19.5 Å². The van der Waals surface area contributed by atoms with E-state index in [1.165, 1.54) is 0 Å². The fourth-order valence-corrected chi connectivity index (χ4v) is 4.88. The number of amides is 2. The minimum Gasteiger partial charge on any atom is -0.463 e. The van der Waals surface area contributed by atoms with Crippen LogP contribution >= 0.6 is 0 Å². The van der Waals surface area contributed by atoms with Gasteiger partial charge in [0.25, 0.3) is 0 Å². The topological polar surface area (TPSA) is 95.9 Å². The van der Waals surface area contributed by atoms with Gasteiger partial charge < -0.3 is 20.1 Å². The summed E-state index contributed by atoms with van der Waals surface area (Å²) in [5, 5.41) is 12.6. The van der Waals surface area contributed by atoms with Gasteiger partial charge in [0.05, 0.1) is 24.5 Å². The molecule has 3 aromatic rings. The van der Waals surface area contributed by atoms with Crippen LogP contribution in [-0.2, 0) is 32.1 Å². The second-order valence-electron chi connectivity index (χ2n) is 10.5. The van der Waals surface area contributed by atoms with Crippen molar-refractivity contribution >= 4 is 17.8 Å². The number of ether oxygens (including phenoxy) is 1. The number of carbonyl (C=O) groups is 3. The Balaban J connectivity index is 1.71. The first kappa shape index (κ1) is 33.0. The highest BCUT2D eigenvalue weighted by molar-refractivity contribution is 5.86. The van der Waals surface area contributed by atoms with Crippen LogP contribution in [0.25, 0.3) is 0 Å². The SMILES string of the molecule is C=CC[C@@H](CC(=O)N(CCO)Cc1ccccc1)C(=O)N[C@@H](COC(=O)[C@@H](CC=C)Cc1ccccc1)c1ccccc1. The summed E-state index contributed by atoms with van der Waals surface area (Å²) < 4.78 is 5.78. The summed E-state index contributed by atoms with van der Waals surface area (Å²) in [6, 6.07) is 27.9. The first-order valence-electron chi connectivity index (χ1n) is 14.6. The quantitative estimate of drug-likeness (QED) is 0.154. The van der Waals surface area contributed by atoms with Crippen molar-refractivity contribution in [1.29, 1.82) is 0 Å². The van der Waals surface area contributed by atoms with Gasteiger partial charge in [-0.3, -0.25) is 14.4 Å². The molecule has 2 N–H and O–H groups in total. The number of carbonyl (C=O) groups excluding carboxylic acids is 3. The number of allylic oxidation sites excluding steroid dienone is 2. The Morgan fingerprint density at radius 3 is 1.95 bits per heavy atom. The van der Waals surface area contributed by atoms with Crippen molar-refractivity contribution in [2.75, 3.05) is 19.8 Å². The maximum atomic E-state index is 13.6. The molecule has 0 aliphatic rings. The van der Waals surface area contributed by atoms with Crippen LogP contribution in [0.1, 0.15) is 42.0 Å². The van der Waals surface area contributed by atoms with Gasteiger partial charge in [-0.1, -0.05) is 103 Å². The van der Waals surface area contributed by atoms with E-state index in [-0.39, 0.29) is 50.4 Å². The van der Waals surface area contributed by atoms with Crippen molar-refractivity contribution in [2.45, 2.75) is 38.3 Å². The van der Waals surface area contributed by atoms with E-state index in [0.29, 0.717) is 19.4 Å². The number of hydrogen-bond acceptors (Lipinski definition) is 5. The van der Waals surface area contributed by atoms with E-state index in [0.717, 1.165) is 16.7 Å². The largest absolute Gasteiger partial charge is 0.463 e. The molecular weight excluding hydrogens is 540 g/mol. The fourth-order valence-electron chi connectivity index (χ4n) is 4.88. The van der Waals surface area contributed by atoms with E-state index in [1.54, 1.807) is 17.1 Å². The van der Waals surface area contributed by atoms with Gasteiger partial charge in [-0.15, -0.1) is 13.2 Å². The molecule has 2 amide bonds. The smallest absolute Gasteiger partial charge is 0.309 e. The van der Waals surface area contributed by atoms with Gasteiger partial charge >= 0.3 is 5.97 Å². The van der Waals surface area contributed by atoms with Crippen LogP contribution in [0.2, 0.25) is 0 Å². The Morgan fingerprint density at radius 1 is 0.814 bits per heavy atom. The predicted octanol–water partition coefficient (Wildman–Crippen LogP) is 5.43. The number of benzene rings is 3. The van der Waals surface area contributed by atoms with Gasteiger partial charge in [-0.05, 0) is 36.0 Å². The summed E-state index contributed by atoms with van der Waals surface area (Å²) in [4.78, 5) is 41.6. The summed E-state index contributed by atoms with van der Waals surface area (Å²) in [5.41, 5.74) is 2.74. The average Bonchev–Trinajstić information content (AvgIpc) is 3.03. The highest BCUT2D eigenvalue weighted by Crippen LogP contribution is 2.21. The third-order valence-corrected chi connectivity index (χ3v) is 7.20. The summed E-state index contributed by atoms with van der Waals surface area (Å²) in [6.45, 7) is 7.83. The lowest BCUT2D eigenvalue weighted by Crippen LogP contribution is -2.40. The molecule has 0 aliphatic heterocycles. The second-order valence-corrected chi connectivity index (χ2v) is 10.5. The van der Waals surface area contributed by atoms with Crippen LogP contribution in [0.15, 0.2) is 116 Å². The van der Waals surface area contributed by atoms with Crippen molar-refractivity contribution in [1.82, 2.24) is 10.2 Å². The highest BCUT2D eigenvalue weighted by atomic mass is 16.5. The fraction of sp³-hybridized carbons (Fsp3) is 0.306. The third-order valence-electron chi connectivity index (χ3n) is 7.20. The molecule has 0 saturated carbocycles. The molecule has 43 heavy (non-hydrogen) atoms. The van der Waals surface area contributed by atoms with E-state index < -0.39 is 17.9 Å². The molecule has 0 fully saturated rings. The molecular formula is C36H42N2O5. The van der Waals surface area contributed by atoms with E-state index in [2.05, 4.69) is 18.5 Å². The monoisotopic (exact) mass is 582 g/mol. The van der Waals surface area contributed by atoms with Gasteiger partial charge in [-0.2, -0.15) is 0 Å². The van der Waals surface area contributed by atoms with Crippen molar-refractivity contribution < 1.29 is 24.2 Å². The average molecular weight is 583 g/mol. The zero-order valence-corrected chi connectivity index (χ0v) is 24.6. The summed E-state index contributed by atoms with van der Waals surface area (Å²) in [5.74, 6) is -2.03. The Kier molecular flexibility index (Phi) is 13.9. The lowest BCUT2D eigenvalue weighted by atomic mass is 9.96. The Bertz CT molecular complexity index is 1300. The Hall–Kier alpha value is -4.49. The number of hydrogen-bond donors (Lipinski definition) is 2. The second kappa shape index (κ2) is 18.1. The zero-order chi connectivity index (χ0) is 30.9. The maximum absolute atomic E-state index is 13.6. The van der Waals surface area contributed by atoms with E-state index in [1.807, 2.05) is 91.0 Å². The standard InChI is InChI=1S/C36H42N2O5/c1-3-14-31(25-34(40)38(22-23-39)26-29-18-10-6-11-19-29)35(41)37-33(30-20-12-7-13-21-30)27-43-36(42)32(15-4-2)24-28-16-8-5-9-17-28/h3-13,16-21,31-33,39H,1-2,14-15,22-27H2,(H,37,41)/t31-,32-,33-/m0/s1. The molecule has 7 nitrogen and oxygen atoms in total. The van der Waals surface area contributed by atoms with Crippen LogP contribution in [0.4, 0.5) is 0 Å². The van der Waals surface area contributed by atoms with Crippen molar-refractivity contribution in [3.63, 3.8) is 0 Å². The lowest BCUT2D eigenvalue weighted by Gasteiger charge is -2.26. The zero-order valence-electron chi connectivity index (χ0n) is 24.6. The Labute approximate surface area is 254 Å². The molecule has 0 heterocycles. The molecule has 0 spiro atoms. The highest BCUT2D eigenvalue weighted by Gasteiger charge is 2.28. The molecule has 3 atom stereocenters. The number of aliphatic hydroxyl groups excluding tert-OH is 1. The third kappa shape index (κ3) is 11.0. The first-order chi connectivity index (χ1) is 20.9. The van der Waals surface area contributed by atoms with Crippen LogP contribution in [0, 0.1) is 11.8 Å². The molecule has 0 radical (unpaired) electrons. The summed E-state index contributed by atoms with van der Waals surface area (Å²) >= 11 is 0. The van der Waals surface area contributed by atoms with Crippen LogP contribution in [-0.4, -0.2) is 47.5 Å². The number of rotatable bonds is 18. The lowest BCUT2D eigenvalue weighted by molar-refractivity contribution is -0.150. The number of aliphatic hydroxyl groups is 1. The van der Waals surface area contributed by atoms with E-state index >= 15 is 0 Å². The van der Waals surface area contributed by atoms with Crippen LogP contribution in [0.3, 0.4) is 0 Å². The molecule has 0 unspecified atom stereocenters. The van der Waals surface area contributed by atoms with Gasteiger partial charge in [-0.25, -0.2) is 0 Å². The predicted molar refractivity (Wildman–Crippen MR) is 169 cm³/mol. The first-order valence-corrected chi connectivity index (χ1v) is 14.6. The summed E-state index contributed by atoms with van der Waals surface area (Å²) in [6.07, 6.45) is 4.55.